The topological polar surface area (TPSA) is 77.0 Å². The van der Waals surface area contributed by atoms with Crippen LogP contribution in [0.4, 0.5) is 0 Å². The predicted molar refractivity (Wildman–Crippen MR) is 81.6 cm³/mol. The third kappa shape index (κ3) is 4.27. The van der Waals surface area contributed by atoms with Gasteiger partial charge in [0.1, 0.15) is 6.54 Å². The Bertz CT molecular complexity index is 451. The Morgan fingerprint density at radius 1 is 1.43 bits per heavy atom. The molecule has 1 aromatic rings. The van der Waals surface area contributed by atoms with E-state index < -0.39 is 0 Å². The molecular weight excluding hydrogens is 266 g/mol. The first kappa shape index (κ1) is 15.9. The van der Waals surface area contributed by atoms with Crippen LogP contribution in [0.3, 0.4) is 0 Å². The number of nitrogens with two attached hydrogens (primary N) is 1. The standard InChI is InChI=1S/C15H27N5O/c1-12(2)20(14-6-4-3-5-7-14)15(21)11-19-10-13(8-9-16)17-18-19/h10,12,14H,3-9,11,16H2,1-2H3. The first-order chi connectivity index (χ1) is 10.1. The molecule has 1 saturated carbocycles. The molecule has 6 heteroatoms. The van der Waals surface area contributed by atoms with Crippen LogP contribution in [0.1, 0.15) is 51.6 Å². The molecule has 0 aliphatic heterocycles. The molecule has 0 atom stereocenters. The number of carbonyl (C=O) groups is 1. The van der Waals surface area contributed by atoms with Crippen LogP contribution < -0.4 is 5.73 Å². The number of hydrogen-bond donors (Lipinski definition) is 1. The molecule has 2 rings (SSSR count). The average molecular weight is 293 g/mol. The average Bonchev–Trinajstić information content (AvgIpc) is 2.87. The van der Waals surface area contributed by atoms with Gasteiger partial charge in [0.25, 0.3) is 0 Å². The van der Waals surface area contributed by atoms with Gasteiger partial charge < -0.3 is 10.6 Å². The van der Waals surface area contributed by atoms with E-state index in [9.17, 15) is 4.79 Å². The van der Waals surface area contributed by atoms with Gasteiger partial charge in [0.15, 0.2) is 0 Å². The van der Waals surface area contributed by atoms with E-state index in [0.29, 0.717) is 19.0 Å². The first-order valence-corrected chi connectivity index (χ1v) is 8.02. The van der Waals surface area contributed by atoms with Crippen molar-refractivity contribution in [3.8, 4) is 0 Å². The van der Waals surface area contributed by atoms with Crippen molar-refractivity contribution < 1.29 is 4.79 Å². The van der Waals surface area contributed by atoms with Crippen molar-refractivity contribution in [1.29, 1.82) is 0 Å². The fraction of sp³-hybridized carbons (Fsp3) is 0.800. The molecule has 6 nitrogen and oxygen atoms in total. The molecule has 0 radical (unpaired) electrons. The second-order valence-corrected chi connectivity index (χ2v) is 6.13. The molecule has 1 fully saturated rings. The van der Waals surface area contributed by atoms with E-state index in [0.717, 1.165) is 18.5 Å². The highest BCUT2D eigenvalue weighted by atomic mass is 16.2. The highest BCUT2D eigenvalue weighted by molar-refractivity contribution is 5.76. The zero-order chi connectivity index (χ0) is 15.2. The highest BCUT2D eigenvalue weighted by Gasteiger charge is 2.27. The fourth-order valence-electron chi connectivity index (χ4n) is 3.17. The van der Waals surface area contributed by atoms with Crippen LogP contribution in [0, 0.1) is 0 Å². The summed E-state index contributed by atoms with van der Waals surface area (Å²) in [5.41, 5.74) is 6.35. The van der Waals surface area contributed by atoms with E-state index in [1.165, 1.54) is 19.3 Å². The van der Waals surface area contributed by atoms with Gasteiger partial charge in [0.05, 0.1) is 5.69 Å². The summed E-state index contributed by atoms with van der Waals surface area (Å²) in [4.78, 5) is 14.7. The second kappa shape index (κ2) is 7.54. The van der Waals surface area contributed by atoms with Crippen molar-refractivity contribution in [2.24, 2.45) is 5.73 Å². The summed E-state index contributed by atoms with van der Waals surface area (Å²) >= 11 is 0. The van der Waals surface area contributed by atoms with E-state index in [4.69, 9.17) is 5.73 Å². The molecule has 21 heavy (non-hydrogen) atoms. The minimum Gasteiger partial charge on any atom is -0.336 e. The van der Waals surface area contributed by atoms with Crippen LogP contribution in [0.5, 0.6) is 0 Å². The maximum Gasteiger partial charge on any atom is 0.244 e. The van der Waals surface area contributed by atoms with E-state index >= 15 is 0 Å². The Labute approximate surface area is 126 Å². The van der Waals surface area contributed by atoms with Crippen LogP contribution in [0.25, 0.3) is 0 Å². The van der Waals surface area contributed by atoms with Gasteiger partial charge in [-0.2, -0.15) is 0 Å². The van der Waals surface area contributed by atoms with Crippen LogP contribution >= 0.6 is 0 Å². The van der Waals surface area contributed by atoms with E-state index in [-0.39, 0.29) is 18.5 Å². The van der Waals surface area contributed by atoms with Crippen LogP contribution in [0.15, 0.2) is 6.20 Å². The summed E-state index contributed by atoms with van der Waals surface area (Å²) in [7, 11) is 0. The minimum absolute atomic E-state index is 0.140. The number of nitrogens with zero attached hydrogens (tertiary/aromatic N) is 4. The number of hydrogen-bond acceptors (Lipinski definition) is 4. The van der Waals surface area contributed by atoms with Gasteiger partial charge in [0.2, 0.25) is 5.91 Å². The Balaban J connectivity index is 2.00. The lowest BCUT2D eigenvalue weighted by Gasteiger charge is -2.37. The number of rotatable bonds is 6. The van der Waals surface area contributed by atoms with Crippen molar-refractivity contribution in [3.05, 3.63) is 11.9 Å². The molecule has 0 unspecified atom stereocenters. The number of aromatic nitrogens is 3. The van der Waals surface area contributed by atoms with Crippen molar-refractivity contribution in [2.75, 3.05) is 6.54 Å². The van der Waals surface area contributed by atoms with Crippen molar-refractivity contribution >= 4 is 5.91 Å². The minimum atomic E-state index is 0.140. The summed E-state index contributed by atoms with van der Waals surface area (Å²) in [6.07, 6.45) is 8.52. The molecule has 0 aromatic carbocycles. The quantitative estimate of drug-likeness (QED) is 0.859. The summed E-state index contributed by atoms with van der Waals surface area (Å²) in [5.74, 6) is 0.140. The van der Waals surface area contributed by atoms with Gasteiger partial charge in [-0.1, -0.05) is 24.5 Å². The van der Waals surface area contributed by atoms with Gasteiger partial charge >= 0.3 is 0 Å². The zero-order valence-electron chi connectivity index (χ0n) is 13.2. The van der Waals surface area contributed by atoms with Gasteiger partial charge in [0, 0.05) is 24.7 Å². The molecular formula is C15H27N5O. The molecule has 2 N–H and O–H groups in total. The summed E-state index contributed by atoms with van der Waals surface area (Å²) in [6.45, 7) is 5.00. The third-order valence-corrected chi connectivity index (χ3v) is 4.10. The molecule has 1 heterocycles. The van der Waals surface area contributed by atoms with E-state index in [2.05, 4.69) is 24.2 Å². The Hall–Kier alpha value is -1.43. The molecule has 0 spiro atoms. The molecule has 118 valence electrons. The highest BCUT2D eigenvalue weighted by Crippen LogP contribution is 2.24. The summed E-state index contributed by atoms with van der Waals surface area (Å²) in [5, 5.41) is 8.06. The van der Waals surface area contributed by atoms with Gasteiger partial charge in [-0.15, -0.1) is 5.10 Å². The van der Waals surface area contributed by atoms with E-state index in [1.54, 1.807) is 4.68 Å². The second-order valence-electron chi connectivity index (χ2n) is 6.13. The smallest absolute Gasteiger partial charge is 0.244 e. The van der Waals surface area contributed by atoms with Gasteiger partial charge in [-0.3, -0.25) is 4.79 Å². The molecule has 1 amide bonds. The Morgan fingerprint density at radius 3 is 2.76 bits per heavy atom. The summed E-state index contributed by atoms with van der Waals surface area (Å²) < 4.78 is 1.63. The molecule has 1 aliphatic rings. The van der Waals surface area contributed by atoms with Gasteiger partial charge in [-0.05, 0) is 33.2 Å². The van der Waals surface area contributed by atoms with Crippen molar-refractivity contribution in [1.82, 2.24) is 19.9 Å². The lowest BCUT2D eigenvalue weighted by molar-refractivity contribution is -0.137. The van der Waals surface area contributed by atoms with Crippen molar-refractivity contribution in [3.63, 3.8) is 0 Å². The lowest BCUT2D eigenvalue weighted by atomic mass is 9.93. The lowest BCUT2D eigenvalue weighted by Crippen LogP contribution is -2.47. The molecule has 0 bridgehead atoms. The Morgan fingerprint density at radius 2 is 2.14 bits per heavy atom. The number of carbonyl (C=O) groups excluding carboxylic acids is 1. The summed E-state index contributed by atoms with van der Waals surface area (Å²) in [6, 6.07) is 0.617. The van der Waals surface area contributed by atoms with E-state index in [1.807, 2.05) is 11.1 Å². The largest absolute Gasteiger partial charge is 0.336 e. The maximum atomic E-state index is 12.6. The SMILES string of the molecule is CC(C)N(C(=O)Cn1cc(CCN)nn1)C1CCCCC1. The van der Waals surface area contributed by atoms with Crippen LogP contribution in [-0.4, -0.2) is 44.4 Å². The van der Waals surface area contributed by atoms with Crippen LogP contribution in [-0.2, 0) is 17.8 Å². The zero-order valence-corrected chi connectivity index (χ0v) is 13.2. The number of amides is 1. The van der Waals surface area contributed by atoms with Crippen LogP contribution in [0.2, 0.25) is 0 Å². The normalized spacial score (nSPS) is 16.4. The maximum absolute atomic E-state index is 12.6. The van der Waals surface area contributed by atoms with Gasteiger partial charge in [-0.25, -0.2) is 4.68 Å². The van der Waals surface area contributed by atoms with Crippen molar-refractivity contribution in [2.45, 2.75) is 71.0 Å². The molecule has 1 aliphatic carbocycles. The predicted octanol–water partition coefficient (Wildman–Crippen LogP) is 1.35. The Kier molecular flexibility index (Phi) is 5.73. The first-order valence-electron chi connectivity index (χ1n) is 8.02. The fourth-order valence-corrected chi connectivity index (χ4v) is 3.17. The monoisotopic (exact) mass is 293 g/mol. The molecule has 0 saturated heterocycles. The third-order valence-electron chi connectivity index (χ3n) is 4.10. The molecule has 1 aromatic heterocycles.